The maximum absolute atomic E-state index is 4.31. The van der Waals surface area contributed by atoms with Gasteiger partial charge in [-0.1, -0.05) is 18.2 Å². The number of hydrogen-bond donors (Lipinski definition) is 0. The van der Waals surface area contributed by atoms with E-state index in [9.17, 15) is 0 Å². The molecular formula is C13H14N2. The van der Waals surface area contributed by atoms with E-state index < -0.39 is 0 Å². The Morgan fingerprint density at radius 2 is 1.93 bits per heavy atom. The van der Waals surface area contributed by atoms with Crippen LogP contribution in [0.25, 0.3) is 0 Å². The van der Waals surface area contributed by atoms with Crippen LogP contribution >= 0.6 is 0 Å². The molecule has 1 saturated heterocycles. The molecule has 2 heterocycles. The maximum atomic E-state index is 4.31. The average molecular weight is 198 g/mol. The summed E-state index contributed by atoms with van der Waals surface area (Å²) in [5.74, 6) is 0. The third-order valence-corrected chi connectivity index (χ3v) is 3.13. The number of hydrogen-bond acceptors (Lipinski definition) is 2. The molecule has 0 atom stereocenters. The van der Waals surface area contributed by atoms with Gasteiger partial charge in [-0.05, 0) is 24.1 Å². The van der Waals surface area contributed by atoms with Crippen molar-refractivity contribution in [2.24, 2.45) is 4.99 Å². The van der Waals surface area contributed by atoms with E-state index in [1.54, 1.807) is 0 Å². The molecule has 0 amide bonds. The quantitative estimate of drug-likeness (QED) is 0.677. The number of nitrogens with zero attached hydrogens (tertiary/aromatic N) is 2. The van der Waals surface area contributed by atoms with Gasteiger partial charge in [0.15, 0.2) is 0 Å². The smallest absolute Gasteiger partial charge is 0.0463 e. The highest BCUT2D eigenvalue weighted by Crippen LogP contribution is 2.28. The molecule has 2 heteroatoms. The lowest BCUT2D eigenvalue weighted by molar-refractivity contribution is 0.968. The third kappa shape index (κ3) is 1.56. The minimum Gasteiger partial charge on any atom is -0.367 e. The van der Waals surface area contributed by atoms with Crippen molar-refractivity contribution in [2.75, 3.05) is 18.0 Å². The zero-order chi connectivity index (χ0) is 10.1. The van der Waals surface area contributed by atoms with Crippen molar-refractivity contribution in [2.45, 2.75) is 12.8 Å². The number of rotatable bonds is 1. The van der Waals surface area contributed by atoms with Crippen molar-refractivity contribution in [3.05, 3.63) is 41.6 Å². The van der Waals surface area contributed by atoms with Crippen LogP contribution in [0.15, 0.2) is 46.6 Å². The molecular weight excluding hydrogens is 184 g/mol. The summed E-state index contributed by atoms with van der Waals surface area (Å²) >= 11 is 0. The highest BCUT2D eigenvalue weighted by Gasteiger charge is 2.21. The van der Waals surface area contributed by atoms with Gasteiger partial charge in [-0.15, -0.1) is 0 Å². The summed E-state index contributed by atoms with van der Waals surface area (Å²) in [5, 5.41) is 0. The second-order valence-electron chi connectivity index (χ2n) is 4.07. The van der Waals surface area contributed by atoms with E-state index in [-0.39, 0.29) is 0 Å². The highest BCUT2D eigenvalue weighted by molar-refractivity contribution is 5.71. The molecule has 0 aliphatic carbocycles. The number of benzene rings is 1. The van der Waals surface area contributed by atoms with Gasteiger partial charge in [-0.2, -0.15) is 0 Å². The van der Waals surface area contributed by atoms with E-state index in [1.807, 2.05) is 6.21 Å². The second-order valence-corrected chi connectivity index (χ2v) is 4.07. The Morgan fingerprint density at radius 3 is 2.60 bits per heavy atom. The standard InChI is InChI=1S/C13H14N2/c1-2-4-12(5-3-1)15-9-7-11(10-15)13-6-8-14-13/h1-5,8H,6-7,9-10H2. The molecule has 15 heavy (non-hydrogen) atoms. The summed E-state index contributed by atoms with van der Waals surface area (Å²) in [4.78, 5) is 6.73. The number of aliphatic imine (C=N–C) groups is 1. The van der Waals surface area contributed by atoms with E-state index in [4.69, 9.17) is 0 Å². The fraction of sp³-hybridized carbons (Fsp3) is 0.308. The lowest BCUT2D eigenvalue weighted by atomic mass is 10.1. The number of para-hydroxylation sites is 1. The van der Waals surface area contributed by atoms with Gasteiger partial charge in [0.2, 0.25) is 0 Å². The number of allylic oxidation sites excluding steroid dienone is 1. The third-order valence-electron chi connectivity index (χ3n) is 3.13. The molecule has 2 nitrogen and oxygen atoms in total. The fourth-order valence-corrected chi connectivity index (χ4v) is 2.17. The molecule has 1 aromatic rings. The monoisotopic (exact) mass is 198 g/mol. The molecule has 2 aliphatic heterocycles. The van der Waals surface area contributed by atoms with E-state index in [0.717, 1.165) is 19.5 Å². The van der Waals surface area contributed by atoms with Crippen LogP contribution in [0.3, 0.4) is 0 Å². The van der Waals surface area contributed by atoms with E-state index in [1.165, 1.54) is 23.4 Å². The summed E-state index contributed by atoms with van der Waals surface area (Å²) in [6.45, 7) is 2.20. The molecule has 3 rings (SSSR count). The first-order valence-corrected chi connectivity index (χ1v) is 5.47. The topological polar surface area (TPSA) is 15.6 Å². The molecule has 0 radical (unpaired) electrons. The van der Waals surface area contributed by atoms with Crippen LogP contribution in [0.5, 0.6) is 0 Å². The molecule has 1 aromatic carbocycles. The number of anilines is 1. The van der Waals surface area contributed by atoms with Gasteiger partial charge in [-0.25, -0.2) is 0 Å². The Labute approximate surface area is 89.9 Å². The zero-order valence-corrected chi connectivity index (χ0v) is 8.69. The van der Waals surface area contributed by atoms with E-state index >= 15 is 0 Å². The summed E-state index contributed by atoms with van der Waals surface area (Å²) in [5.41, 5.74) is 4.19. The van der Waals surface area contributed by atoms with Gasteiger partial charge in [-0.3, -0.25) is 4.99 Å². The first-order chi connectivity index (χ1) is 7.43. The molecule has 0 bridgehead atoms. The largest absolute Gasteiger partial charge is 0.367 e. The Kier molecular flexibility index (Phi) is 2.05. The molecule has 0 N–H and O–H groups in total. The van der Waals surface area contributed by atoms with Gasteiger partial charge in [0.05, 0.1) is 0 Å². The van der Waals surface area contributed by atoms with Crippen molar-refractivity contribution >= 4 is 11.9 Å². The summed E-state index contributed by atoms with van der Waals surface area (Å²) in [6.07, 6.45) is 4.26. The van der Waals surface area contributed by atoms with Gasteiger partial charge in [0.1, 0.15) is 0 Å². The van der Waals surface area contributed by atoms with Crippen LogP contribution in [-0.4, -0.2) is 19.3 Å². The first-order valence-electron chi connectivity index (χ1n) is 5.47. The van der Waals surface area contributed by atoms with Gasteiger partial charge in [0, 0.05) is 37.1 Å². The van der Waals surface area contributed by atoms with Crippen molar-refractivity contribution in [3.63, 3.8) is 0 Å². The predicted molar refractivity (Wildman–Crippen MR) is 63.4 cm³/mol. The van der Waals surface area contributed by atoms with Crippen LogP contribution in [0.2, 0.25) is 0 Å². The summed E-state index contributed by atoms with van der Waals surface area (Å²) in [7, 11) is 0. The SMILES string of the molecule is C1=NC(=C2CCN(c3ccccc3)C2)C1. The van der Waals surface area contributed by atoms with Crippen LogP contribution in [0.4, 0.5) is 5.69 Å². The maximum Gasteiger partial charge on any atom is 0.0463 e. The molecule has 1 fully saturated rings. The fourth-order valence-electron chi connectivity index (χ4n) is 2.17. The lowest BCUT2D eigenvalue weighted by Crippen LogP contribution is -2.18. The van der Waals surface area contributed by atoms with Gasteiger partial charge < -0.3 is 4.90 Å². The minimum absolute atomic E-state index is 1.07. The van der Waals surface area contributed by atoms with E-state index in [0.29, 0.717) is 0 Å². The lowest BCUT2D eigenvalue weighted by Gasteiger charge is -2.17. The molecule has 2 aliphatic rings. The Hall–Kier alpha value is -1.57. The van der Waals surface area contributed by atoms with Crippen LogP contribution in [0.1, 0.15) is 12.8 Å². The highest BCUT2D eigenvalue weighted by atomic mass is 15.1. The predicted octanol–water partition coefficient (Wildman–Crippen LogP) is 2.63. The molecule has 76 valence electrons. The normalized spacial score (nSPS) is 24.4. The summed E-state index contributed by atoms with van der Waals surface area (Å²) in [6, 6.07) is 10.6. The first kappa shape index (κ1) is 8.72. The van der Waals surface area contributed by atoms with Crippen molar-refractivity contribution in [3.8, 4) is 0 Å². The molecule has 0 aromatic heterocycles. The Morgan fingerprint density at radius 1 is 1.13 bits per heavy atom. The van der Waals surface area contributed by atoms with Crippen LogP contribution in [-0.2, 0) is 0 Å². The Bertz CT molecular complexity index is 417. The minimum atomic E-state index is 1.07. The molecule has 0 spiro atoms. The van der Waals surface area contributed by atoms with E-state index in [2.05, 4.69) is 40.2 Å². The second kappa shape index (κ2) is 3.54. The van der Waals surface area contributed by atoms with Crippen molar-refractivity contribution in [1.29, 1.82) is 0 Å². The summed E-state index contributed by atoms with van der Waals surface area (Å²) < 4.78 is 0. The van der Waals surface area contributed by atoms with Gasteiger partial charge in [0.25, 0.3) is 0 Å². The van der Waals surface area contributed by atoms with Crippen molar-refractivity contribution in [1.82, 2.24) is 0 Å². The molecule has 0 saturated carbocycles. The van der Waals surface area contributed by atoms with Crippen LogP contribution < -0.4 is 4.90 Å². The average Bonchev–Trinajstić information content (AvgIpc) is 2.66. The zero-order valence-electron chi connectivity index (χ0n) is 8.69. The van der Waals surface area contributed by atoms with Gasteiger partial charge >= 0.3 is 0 Å². The van der Waals surface area contributed by atoms with Crippen LogP contribution in [0, 0.1) is 0 Å². The molecule has 0 unspecified atom stereocenters. The Balaban J connectivity index is 1.80. The van der Waals surface area contributed by atoms with Crippen molar-refractivity contribution < 1.29 is 0 Å².